The zero-order valence-corrected chi connectivity index (χ0v) is 10.6. The molecule has 0 unspecified atom stereocenters. The van der Waals surface area contributed by atoms with Crippen molar-refractivity contribution in [1.29, 1.82) is 0 Å². The minimum absolute atomic E-state index is 0.410. The van der Waals surface area contributed by atoms with Crippen LogP contribution in [0.3, 0.4) is 0 Å². The molecule has 7 heteroatoms. The molecule has 0 bridgehead atoms. The van der Waals surface area contributed by atoms with E-state index >= 15 is 0 Å². The predicted octanol–water partition coefficient (Wildman–Crippen LogP) is 0.580. The van der Waals surface area contributed by atoms with Crippen LogP contribution in [-0.4, -0.2) is 38.7 Å². The van der Waals surface area contributed by atoms with Gasteiger partial charge in [-0.15, -0.1) is 0 Å². The highest BCUT2D eigenvalue weighted by atomic mass is 16.4. The van der Waals surface area contributed by atoms with Crippen LogP contribution in [0, 0.1) is 0 Å². The van der Waals surface area contributed by atoms with Crippen LogP contribution in [0.25, 0.3) is 0 Å². The zero-order chi connectivity index (χ0) is 13.7. The Morgan fingerprint density at radius 2 is 2.21 bits per heavy atom. The first kappa shape index (κ1) is 13.4. The van der Waals surface area contributed by atoms with E-state index in [1.165, 1.54) is 0 Å². The van der Waals surface area contributed by atoms with Gasteiger partial charge in [-0.3, -0.25) is 0 Å². The SMILES string of the molecule is O=C(NCCCn1ccnc1)NC1(C(=O)O)CCC1. The van der Waals surface area contributed by atoms with Crippen LogP contribution in [-0.2, 0) is 11.3 Å². The Labute approximate surface area is 111 Å². The summed E-state index contributed by atoms with van der Waals surface area (Å²) in [5.41, 5.74) is -1.05. The number of carbonyl (C=O) groups is 2. The van der Waals surface area contributed by atoms with Crippen LogP contribution in [0.5, 0.6) is 0 Å². The molecule has 19 heavy (non-hydrogen) atoms. The number of aromatic nitrogens is 2. The summed E-state index contributed by atoms with van der Waals surface area (Å²) in [4.78, 5) is 26.6. The first-order chi connectivity index (χ1) is 9.12. The normalized spacial score (nSPS) is 16.4. The van der Waals surface area contributed by atoms with Crippen molar-refractivity contribution in [2.45, 2.75) is 37.8 Å². The summed E-state index contributed by atoms with van der Waals surface area (Å²) in [6.45, 7) is 1.27. The lowest BCUT2D eigenvalue weighted by atomic mass is 9.77. The molecule has 2 rings (SSSR count). The number of urea groups is 1. The fourth-order valence-corrected chi connectivity index (χ4v) is 2.07. The van der Waals surface area contributed by atoms with Gasteiger partial charge in [0, 0.05) is 25.5 Å². The summed E-state index contributed by atoms with van der Waals surface area (Å²) in [5, 5.41) is 14.3. The largest absolute Gasteiger partial charge is 0.480 e. The number of aryl methyl sites for hydroxylation is 1. The number of hydrogen-bond acceptors (Lipinski definition) is 3. The van der Waals surface area contributed by atoms with E-state index in [2.05, 4.69) is 15.6 Å². The smallest absolute Gasteiger partial charge is 0.329 e. The molecular formula is C12H18N4O3. The third kappa shape index (κ3) is 3.24. The Kier molecular flexibility index (Phi) is 4.03. The van der Waals surface area contributed by atoms with Gasteiger partial charge in [0.1, 0.15) is 5.54 Å². The second-order valence-electron chi connectivity index (χ2n) is 4.78. The lowest BCUT2D eigenvalue weighted by Gasteiger charge is -2.38. The van der Waals surface area contributed by atoms with Gasteiger partial charge in [-0.1, -0.05) is 0 Å². The van der Waals surface area contributed by atoms with Crippen molar-refractivity contribution >= 4 is 12.0 Å². The Morgan fingerprint density at radius 3 is 2.74 bits per heavy atom. The van der Waals surface area contributed by atoms with Gasteiger partial charge >= 0.3 is 12.0 Å². The van der Waals surface area contributed by atoms with Crippen molar-refractivity contribution in [3.63, 3.8) is 0 Å². The Bertz CT molecular complexity index is 440. The molecule has 1 aromatic heterocycles. The van der Waals surface area contributed by atoms with E-state index in [0.717, 1.165) is 19.4 Å². The molecule has 0 saturated heterocycles. The molecule has 2 amide bonds. The summed E-state index contributed by atoms with van der Waals surface area (Å²) in [6.07, 6.45) is 7.89. The van der Waals surface area contributed by atoms with Crippen LogP contribution in [0.2, 0.25) is 0 Å². The van der Waals surface area contributed by atoms with Crippen LogP contribution < -0.4 is 10.6 Å². The first-order valence-corrected chi connectivity index (χ1v) is 6.37. The van der Waals surface area contributed by atoms with Gasteiger partial charge in [0.05, 0.1) is 6.33 Å². The molecule has 0 aliphatic heterocycles. The van der Waals surface area contributed by atoms with Crippen molar-refractivity contribution in [3.8, 4) is 0 Å². The van der Waals surface area contributed by atoms with Gasteiger partial charge in [0.15, 0.2) is 0 Å². The zero-order valence-electron chi connectivity index (χ0n) is 10.6. The van der Waals surface area contributed by atoms with Gasteiger partial charge in [0.25, 0.3) is 0 Å². The number of imidazole rings is 1. The maximum Gasteiger partial charge on any atom is 0.329 e. The topological polar surface area (TPSA) is 96.3 Å². The van der Waals surface area contributed by atoms with Crippen molar-refractivity contribution in [2.75, 3.05) is 6.54 Å². The summed E-state index contributed by atoms with van der Waals surface area (Å²) in [5.74, 6) is -0.952. The van der Waals surface area contributed by atoms with Crippen molar-refractivity contribution in [3.05, 3.63) is 18.7 Å². The number of nitrogens with one attached hydrogen (secondary N) is 2. The lowest BCUT2D eigenvalue weighted by Crippen LogP contribution is -2.61. The maximum atomic E-state index is 11.6. The van der Waals surface area contributed by atoms with Crippen LogP contribution >= 0.6 is 0 Å². The van der Waals surface area contributed by atoms with E-state index in [-0.39, 0.29) is 0 Å². The van der Waals surface area contributed by atoms with E-state index in [1.807, 2.05) is 10.8 Å². The van der Waals surface area contributed by atoms with Crippen molar-refractivity contribution in [2.24, 2.45) is 0 Å². The van der Waals surface area contributed by atoms with Gasteiger partial charge in [0.2, 0.25) is 0 Å². The standard InChI is InChI=1S/C12H18N4O3/c17-10(18)12(3-1-4-12)15-11(19)14-5-2-7-16-8-6-13-9-16/h6,8-9H,1-5,7H2,(H,17,18)(H2,14,15,19). The van der Waals surface area contributed by atoms with Crippen LogP contribution in [0.1, 0.15) is 25.7 Å². The van der Waals surface area contributed by atoms with Crippen molar-refractivity contribution < 1.29 is 14.7 Å². The number of carboxylic acids is 1. The quantitative estimate of drug-likeness (QED) is 0.656. The van der Waals surface area contributed by atoms with Crippen molar-refractivity contribution in [1.82, 2.24) is 20.2 Å². The first-order valence-electron chi connectivity index (χ1n) is 6.37. The van der Waals surface area contributed by atoms with E-state index in [0.29, 0.717) is 19.4 Å². The predicted molar refractivity (Wildman–Crippen MR) is 67.6 cm³/mol. The highest BCUT2D eigenvalue weighted by Crippen LogP contribution is 2.31. The summed E-state index contributed by atoms with van der Waals surface area (Å²) >= 11 is 0. The minimum Gasteiger partial charge on any atom is -0.480 e. The molecule has 1 saturated carbocycles. The highest BCUT2D eigenvalue weighted by Gasteiger charge is 2.45. The summed E-state index contributed by atoms with van der Waals surface area (Å²) in [7, 11) is 0. The number of carbonyl (C=O) groups excluding carboxylic acids is 1. The number of nitrogens with zero attached hydrogens (tertiary/aromatic N) is 2. The number of hydrogen-bond donors (Lipinski definition) is 3. The molecule has 0 radical (unpaired) electrons. The third-order valence-corrected chi connectivity index (χ3v) is 3.41. The second-order valence-corrected chi connectivity index (χ2v) is 4.78. The molecule has 7 nitrogen and oxygen atoms in total. The Morgan fingerprint density at radius 1 is 1.42 bits per heavy atom. The van der Waals surface area contributed by atoms with Gasteiger partial charge in [-0.25, -0.2) is 14.6 Å². The van der Waals surface area contributed by atoms with Crippen LogP contribution in [0.4, 0.5) is 4.79 Å². The fraction of sp³-hybridized carbons (Fsp3) is 0.583. The average molecular weight is 266 g/mol. The van der Waals surface area contributed by atoms with Gasteiger partial charge < -0.3 is 20.3 Å². The molecule has 0 spiro atoms. The molecule has 3 N–H and O–H groups in total. The second kappa shape index (κ2) is 5.73. The molecular weight excluding hydrogens is 248 g/mol. The number of amides is 2. The number of carboxylic acid groups (broad SMARTS) is 1. The van der Waals surface area contributed by atoms with E-state index < -0.39 is 17.5 Å². The molecule has 1 aliphatic rings. The highest BCUT2D eigenvalue weighted by molar-refractivity contribution is 5.87. The van der Waals surface area contributed by atoms with Gasteiger partial charge in [-0.05, 0) is 25.7 Å². The average Bonchev–Trinajstić information content (AvgIpc) is 2.82. The number of aliphatic carboxylic acids is 1. The van der Waals surface area contributed by atoms with E-state index in [9.17, 15) is 9.59 Å². The molecule has 1 fully saturated rings. The Balaban J connectivity index is 1.66. The third-order valence-electron chi connectivity index (χ3n) is 3.41. The molecule has 1 heterocycles. The van der Waals surface area contributed by atoms with E-state index in [4.69, 9.17) is 5.11 Å². The van der Waals surface area contributed by atoms with Gasteiger partial charge in [-0.2, -0.15) is 0 Å². The maximum absolute atomic E-state index is 11.6. The fourth-order valence-electron chi connectivity index (χ4n) is 2.07. The molecule has 1 aromatic rings. The van der Waals surface area contributed by atoms with Crippen LogP contribution in [0.15, 0.2) is 18.7 Å². The Hall–Kier alpha value is -2.05. The molecule has 104 valence electrons. The summed E-state index contributed by atoms with van der Waals surface area (Å²) in [6, 6.07) is -0.410. The monoisotopic (exact) mass is 266 g/mol. The molecule has 0 aromatic carbocycles. The van der Waals surface area contributed by atoms with E-state index in [1.54, 1.807) is 12.5 Å². The number of rotatable bonds is 6. The molecule has 1 aliphatic carbocycles. The minimum atomic E-state index is -1.05. The lowest BCUT2D eigenvalue weighted by molar-refractivity contribution is -0.148. The summed E-state index contributed by atoms with van der Waals surface area (Å²) < 4.78 is 1.92. The molecule has 0 atom stereocenters.